The van der Waals surface area contributed by atoms with E-state index in [0.29, 0.717) is 12.1 Å². The maximum atomic E-state index is 13.8. The number of hydrogen-bond acceptors (Lipinski definition) is 1. The molecule has 0 heterocycles. The van der Waals surface area contributed by atoms with Gasteiger partial charge in [0.15, 0.2) is 0 Å². The molecule has 0 saturated heterocycles. The minimum atomic E-state index is -5.00. The van der Waals surface area contributed by atoms with Crippen molar-refractivity contribution in [3.63, 3.8) is 0 Å². The highest BCUT2D eigenvalue weighted by atomic mass is 19.4. The minimum Gasteiger partial charge on any atom is -0.406 e. The van der Waals surface area contributed by atoms with E-state index in [2.05, 4.69) is 4.74 Å². The Morgan fingerprint density at radius 3 is 2.05 bits per heavy atom. The molecule has 2 aromatic carbocycles. The van der Waals surface area contributed by atoms with Crippen molar-refractivity contribution in [1.82, 2.24) is 0 Å². The van der Waals surface area contributed by atoms with Gasteiger partial charge in [0.05, 0.1) is 5.56 Å². The molecule has 0 N–H and O–H groups in total. The number of rotatable bonds is 2. The second kappa shape index (κ2) is 5.51. The predicted molar refractivity (Wildman–Crippen MR) is 63.5 cm³/mol. The zero-order valence-corrected chi connectivity index (χ0v) is 10.6. The first kappa shape index (κ1) is 16.1. The molecule has 0 fully saturated rings. The average Bonchev–Trinajstić information content (AvgIpc) is 2.35. The topological polar surface area (TPSA) is 9.23 Å². The quantitative estimate of drug-likeness (QED) is 0.671. The van der Waals surface area contributed by atoms with Crippen LogP contribution in [-0.4, -0.2) is 6.36 Å². The number of halogens is 7. The van der Waals surface area contributed by atoms with E-state index in [0.717, 1.165) is 30.3 Å². The van der Waals surface area contributed by atoms with Gasteiger partial charge in [-0.1, -0.05) is 18.2 Å². The maximum absolute atomic E-state index is 13.8. The van der Waals surface area contributed by atoms with Crippen LogP contribution in [0.5, 0.6) is 5.75 Å². The summed E-state index contributed by atoms with van der Waals surface area (Å²) in [7, 11) is 0. The lowest BCUT2D eigenvalue weighted by atomic mass is 9.98. The minimum absolute atomic E-state index is 0.368. The summed E-state index contributed by atoms with van der Waals surface area (Å²) < 4.78 is 92.6. The SMILES string of the molecule is Fc1cccc(C(F)(F)F)c1-c1cccc(OC(F)(F)F)c1. The zero-order chi connectivity index (χ0) is 16.5. The summed E-state index contributed by atoms with van der Waals surface area (Å²) in [6, 6.07) is 6.03. The van der Waals surface area contributed by atoms with Gasteiger partial charge in [0.2, 0.25) is 0 Å². The molecule has 0 aliphatic carbocycles. The Bertz CT molecular complexity index is 674. The molecule has 1 nitrogen and oxygen atoms in total. The molecule has 0 aliphatic heterocycles. The van der Waals surface area contributed by atoms with E-state index in [9.17, 15) is 30.7 Å². The molecule has 2 rings (SSSR count). The monoisotopic (exact) mass is 324 g/mol. The highest BCUT2D eigenvalue weighted by molar-refractivity contribution is 5.70. The van der Waals surface area contributed by atoms with Crippen molar-refractivity contribution in [2.75, 3.05) is 0 Å². The van der Waals surface area contributed by atoms with Gasteiger partial charge < -0.3 is 4.74 Å². The molecule has 0 aliphatic rings. The Hall–Kier alpha value is -2.25. The first-order chi connectivity index (χ1) is 10.1. The largest absolute Gasteiger partial charge is 0.573 e. The van der Waals surface area contributed by atoms with Gasteiger partial charge in [-0.3, -0.25) is 0 Å². The van der Waals surface area contributed by atoms with E-state index >= 15 is 0 Å². The van der Waals surface area contributed by atoms with Crippen LogP contribution in [0.1, 0.15) is 5.56 Å². The molecule has 0 atom stereocenters. The van der Waals surface area contributed by atoms with Crippen LogP contribution in [-0.2, 0) is 6.18 Å². The Morgan fingerprint density at radius 2 is 1.45 bits per heavy atom. The number of alkyl halides is 6. The molecule has 0 radical (unpaired) electrons. The van der Waals surface area contributed by atoms with Gasteiger partial charge >= 0.3 is 12.5 Å². The van der Waals surface area contributed by atoms with Crippen LogP contribution in [0, 0.1) is 5.82 Å². The third-order valence-electron chi connectivity index (χ3n) is 2.68. The van der Waals surface area contributed by atoms with Crippen molar-refractivity contribution in [2.45, 2.75) is 12.5 Å². The zero-order valence-electron chi connectivity index (χ0n) is 10.6. The van der Waals surface area contributed by atoms with Crippen LogP contribution in [0.4, 0.5) is 30.7 Å². The molecular formula is C14H7F7O. The Morgan fingerprint density at radius 1 is 0.818 bits per heavy atom. The Kier molecular flexibility index (Phi) is 4.04. The smallest absolute Gasteiger partial charge is 0.406 e. The first-order valence-corrected chi connectivity index (χ1v) is 5.80. The summed E-state index contributed by atoms with van der Waals surface area (Å²) >= 11 is 0. The van der Waals surface area contributed by atoms with E-state index in [-0.39, 0.29) is 5.56 Å². The maximum Gasteiger partial charge on any atom is 0.573 e. The predicted octanol–water partition coefficient (Wildman–Crippen LogP) is 5.41. The van der Waals surface area contributed by atoms with Crippen LogP contribution in [0.3, 0.4) is 0 Å². The summed E-state index contributed by atoms with van der Waals surface area (Å²) in [5.74, 6) is -1.93. The van der Waals surface area contributed by atoms with Gasteiger partial charge in [-0.15, -0.1) is 13.2 Å². The summed E-state index contributed by atoms with van der Waals surface area (Å²) in [5.41, 5.74) is -2.48. The molecule has 22 heavy (non-hydrogen) atoms. The molecule has 2 aromatic rings. The van der Waals surface area contributed by atoms with Gasteiger partial charge in [-0.2, -0.15) is 13.2 Å². The number of hydrogen-bond donors (Lipinski definition) is 0. The average molecular weight is 324 g/mol. The fourth-order valence-electron chi connectivity index (χ4n) is 1.90. The fourth-order valence-corrected chi connectivity index (χ4v) is 1.90. The van der Waals surface area contributed by atoms with Crippen LogP contribution in [0.25, 0.3) is 11.1 Å². The lowest BCUT2D eigenvalue weighted by Crippen LogP contribution is -2.17. The standard InChI is InChI=1S/C14H7F7O/c15-11-6-2-5-10(13(16,17)18)12(11)8-3-1-4-9(7-8)22-14(19,20)21/h1-7H. The summed E-state index contributed by atoms with van der Waals surface area (Å²) in [4.78, 5) is 0. The highest BCUT2D eigenvalue weighted by Gasteiger charge is 2.35. The van der Waals surface area contributed by atoms with E-state index in [1.54, 1.807) is 0 Å². The van der Waals surface area contributed by atoms with Crippen LogP contribution >= 0.6 is 0 Å². The van der Waals surface area contributed by atoms with E-state index < -0.39 is 35.2 Å². The lowest BCUT2D eigenvalue weighted by Gasteiger charge is -2.15. The molecule has 118 valence electrons. The van der Waals surface area contributed by atoms with Gasteiger partial charge in [0.25, 0.3) is 0 Å². The number of ether oxygens (including phenoxy) is 1. The normalized spacial score (nSPS) is 12.3. The van der Waals surface area contributed by atoms with Gasteiger partial charge in [-0.25, -0.2) is 4.39 Å². The molecule has 0 unspecified atom stereocenters. The molecule has 0 aromatic heterocycles. The Balaban J connectivity index is 2.56. The second-order valence-electron chi connectivity index (χ2n) is 4.24. The van der Waals surface area contributed by atoms with Crippen molar-refractivity contribution in [3.05, 3.63) is 53.8 Å². The van der Waals surface area contributed by atoms with Crippen molar-refractivity contribution >= 4 is 0 Å². The van der Waals surface area contributed by atoms with Crippen molar-refractivity contribution in [2.24, 2.45) is 0 Å². The van der Waals surface area contributed by atoms with Crippen LogP contribution in [0.15, 0.2) is 42.5 Å². The first-order valence-electron chi connectivity index (χ1n) is 5.80. The Labute approximate surface area is 119 Å². The van der Waals surface area contributed by atoms with E-state index in [1.165, 1.54) is 0 Å². The molecular weight excluding hydrogens is 317 g/mol. The lowest BCUT2D eigenvalue weighted by molar-refractivity contribution is -0.274. The van der Waals surface area contributed by atoms with Gasteiger partial charge in [0.1, 0.15) is 11.6 Å². The molecule has 0 bridgehead atoms. The van der Waals surface area contributed by atoms with E-state index in [4.69, 9.17) is 0 Å². The number of benzene rings is 2. The molecule has 0 amide bonds. The molecule has 8 heteroatoms. The highest BCUT2D eigenvalue weighted by Crippen LogP contribution is 2.39. The summed E-state index contributed by atoms with van der Waals surface area (Å²) in [6.07, 6.45) is -9.85. The van der Waals surface area contributed by atoms with E-state index in [1.807, 2.05) is 0 Å². The van der Waals surface area contributed by atoms with Gasteiger partial charge in [-0.05, 0) is 29.8 Å². The van der Waals surface area contributed by atoms with Crippen molar-refractivity contribution < 1.29 is 35.5 Å². The molecule has 0 spiro atoms. The van der Waals surface area contributed by atoms with Crippen LogP contribution in [0.2, 0.25) is 0 Å². The van der Waals surface area contributed by atoms with Crippen molar-refractivity contribution in [1.29, 1.82) is 0 Å². The summed E-state index contributed by atoms with van der Waals surface area (Å²) in [5, 5.41) is 0. The third-order valence-corrected chi connectivity index (χ3v) is 2.68. The fraction of sp³-hybridized carbons (Fsp3) is 0.143. The summed E-state index contributed by atoms with van der Waals surface area (Å²) in [6.45, 7) is 0. The second-order valence-corrected chi connectivity index (χ2v) is 4.24. The van der Waals surface area contributed by atoms with Gasteiger partial charge in [0, 0.05) is 5.56 Å². The van der Waals surface area contributed by atoms with Crippen LogP contribution < -0.4 is 4.74 Å². The molecule has 0 saturated carbocycles. The van der Waals surface area contributed by atoms with Crippen molar-refractivity contribution in [3.8, 4) is 16.9 Å². The third kappa shape index (κ3) is 3.69.